The van der Waals surface area contributed by atoms with Gasteiger partial charge in [-0.05, 0) is 63.5 Å². The van der Waals surface area contributed by atoms with Crippen molar-refractivity contribution in [2.45, 2.75) is 0 Å². The van der Waals surface area contributed by atoms with Crippen molar-refractivity contribution in [1.82, 2.24) is 0 Å². The van der Waals surface area contributed by atoms with Crippen LogP contribution in [0.4, 0.5) is 0 Å². The number of benzene rings is 2. The van der Waals surface area contributed by atoms with Crippen LogP contribution in [-0.4, -0.2) is 5.97 Å². The number of nitrogens with zero attached hydrogens (tertiary/aromatic N) is 1. The Morgan fingerprint density at radius 3 is 2.09 bits per heavy atom. The van der Waals surface area contributed by atoms with Crippen LogP contribution in [0.25, 0.3) is 11.1 Å². The highest BCUT2D eigenvalue weighted by molar-refractivity contribution is 9.10. The van der Waals surface area contributed by atoms with Crippen molar-refractivity contribution in [3.63, 3.8) is 0 Å². The number of hydrogen-bond donors (Lipinski definition) is 0. The molecule has 23 heavy (non-hydrogen) atoms. The van der Waals surface area contributed by atoms with Gasteiger partial charge >= 0.3 is 5.97 Å². The molecule has 0 unspecified atom stereocenters. The van der Waals surface area contributed by atoms with Crippen molar-refractivity contribution in [2.24, 2.45) is 0 Å². The van der Waals surface area contributed by atoms with Gasteiger partial charge in [-0.25, -0.2) is 4.79 Å². The zero-order valence-electron chi connectivity index (χ0n) is 11.8. The Morgan fingerprint density at radius 2 is 1.57 bits per heavy atom. The zero-order valence-corrected chi connectivity index (χ0v) is 13.4. The minimum absolute atomic E-state index is 0.132. The lowest BCUT2D eigenvalue weighted by Crippen LogP contribution is -2.06. The van der Waals surface area contributed by atoms with Crippen LogP contribution in [0.3, 0.4) is 0 Å². The summed E-state index contributed by atoms with van der Waals surface area (Å²) in [4.78, 5) is 11.9. The molecule has 1 heterocycles. The molecule has 0 aliphatic carbocycles. The van der Waals surface area contributed by atoms with Crippen LogP contribution in [0.2, 0.25) is 0 Å². The molecule has 3 aromatic rings. The predicted octanol–water partition coefficient (Wildman–Crippen LogP) is 4.80. The third-order valence-corrected chi connectivity index (χ3v) is 3.61. The van der Waals surface area contributed by atoms with E-state index in [1.165, 1.54) is 6.07 Å². The quantitative estimate of drug-likeness (QED) is 0.492. The van der Waals surface area contributed by atoms with Crippen LogP contribution in [0, 0.1) is 11.3 Å². The number of furan rings is 1. The van der Waals surface area contributed by atoms with E-state index in [9.17, 15) is 4.79 Å². The summed E-state index contributed by atoms with van der Waals surface area (Å²) in [5.41, 5.74) is 2.57. The fourth-order valence-electron chi connectivity index (χ4n) is 2.03. The maximum atomic E-state index is 11.9. The summed E-state index contributed by atoms with van der Waals surface area (Å²) in [6.45, 7) is 0. The first kappa shape index (κ1) is 15.1. The fourth-order valence-corrected chi connectivity index (χ4v) is 2.34. The van der Waals surface area contributed by atoms with E-state index in [-0.39, 0.29) is 5.76 Å². The van der Waals surface area contributed by atoms with E-state index < -0.39 is 5.97 Å². The first-order valence-corrected chi connectivity index (χ1v) is 7.53. The lowest BCUT2D eigenvalue weighted by molar-refractivity contribution is 0.0700. The van der Waals surface area contributed by atoms with Crippen LogP contribution in [0.1, 0.15) is 16.1 Å². The molecule has 0 spiro atoms. The van der Waals surface area contributed by atoms with Crippen molar-refractivity contribution in [1.29, 1.82) is 5.26 Å². The lowest BCUT2D eigenvalue weighted by Gasteiger charge is -2.05. The Morgan fingerprint density at radius 1 is 0.957 bits per heavy atom. The second-order valence-electron chi connectivity index (χ2n) is 4.71. The number of rotatable bonds is 3. The highest BCUT2D eigenvalue weighted by Crippen LogP contribution is 2.23. The van der Waals surface area contributed by atoms with Crippen molar-refractivity contribution in [2.75, 3.05) is 0 Å². The van der Waals surface area contributed by atoms with E-state index in [4.69, 9.17) is 14.4 Å². The summed E-state index contributed by atoms with van der Waals surface area (Å²) in [5, 5.41) is 8.81. The number of hydrogen-bond acceptors (Lipinski definition) is 4. The molecule has 5 heteroatoms. The van der Waals surface area contributed by atoms with Gasteiger partial charge in [-0.15, -0.1) is 0 Å². The molecule has 3 rings (SSSR count). The molecule has 0 N–H and O–H groups in total. The molecule has 0 aliphatic heterocycles. The molecule has 0 saturated heterocycles. The first-order chi connectivity index (χ1) is 11.2. The Bertz CT molecular complexity index is 874. The molecule has 0 saturated carbocycles. The minimum atomic E-state index is -0.554. The van der Waals surface area contributed by atoms with Gasteiger partial charge in [0.05, 0.1) is 11.6 Å². The molecule has 0 amide bonds. The van der Waals surface area contributed by atoms with Crippen molar-refractivity contribution < 1.29 is 13.9 Å². The van der Waals surface area contributed by atoms with Gasteiger partial charge in [0.15, 0.2) is 4.67 Å². The van der Waals surface area contributed by atoms with Gasteiger partial charge in [-0.2, -0.15) is 5.26 Å². The number of ether oxygens (including phenoxy) is 1. The Labute approximate surface area is 141 Å². The second-order valence-corrected chi connectivity index (χ2v) is 5.49. The normalized spacial score (nSPS) is 10.1. The van der Waals surface area contributed by atoms with Crippen LogP contribution < -0.4 is 4.74 Å². The van der Waals surface area contributed by atoms with Gasteiger partial charge in [0.1, 0.15) is 5.75 Å². The standard InChI is InChI=1S/C18H10BrNO3/c19-17-10-9-16(23-17)18(21)22-15-7-5-14(6-8-15)13-3-1-12(11-20)2-4-13/h1-10H. The Kier molecular flexibility index (Phi) is 4.26. The van der Waals surface area contributed by atoms with Crippen molar-refractivity contribution in [3.8, 4) is 22.9 Å². The smallest absolute Gasteiger partial charge is 0.379 e. The molecular weight excluding hydrogens is 358 g/mol. The molecule has 0 radical (unpaired) electrons. The molecule has 0 bridgehead atoms. The zero-order chi connectivity index (χ0) is 16.2. The summed E-state index contributed by atoms with van der Waals surface area (Å²) in [6, 6.07) is 19.6. The summed E-state index contributed by atoms with van der Waals surface area (Å²) >= 11 is 3.14. The topological polar surface area (TPSA) is 63.2 Å². The Balaban J connectivity index is 1.74. The summed E-state index contributed by atoms with van der Waals surface area (Å²) in [7, 11) is 0. The highest BCUT2D eigenvalue weighted by Gasteiger charge is 2.13. The maximum Gasteiger partial charge on any atom is 0.379 e. The SMILES string of the molecule is N#Cc1ccc(-c2ccc(OC(=O)c3ccc(Br)o3)cc2)cc1. The van der Waals surface area contributed by atoms with E-state index in [0.717, 1.165) is 11.1 Å². The fraction of sp³-hybridized carbons (Fsp3) is 0. The average Bonchev–Trinajstić information content (AvgIpc) is 3.02. The largest absolute Gasteiger partial charge is 0.442 e. The van der Waals surface area contributed by atoms with E-state index >= 15 is 0 Å². The van der Waals surface area contributed by atoms with Crippen molar-refractivity contribution in [3.05, 3.63) is 76.7 Å². The third-order valence-electron chi connectivity index (χ3n) is 3.19. The van der Waals surface area contributed by atoms with E-state index in [1.54, 1.807) is 30.3 Å². The number of nitriles is 1. The van der Waals surface area contributed by atoms with Gasteiger partial charge in [-0.1, -0.05) is 24.3 Å². The summed E-state index contributed by atoms with van der Waals surface area (Å²) < 4.78 is 10.9. The van der Waals surface area contributed by atoms with Gasteiger partial charge < -0.3 is 9.15 Å². The van der Waals surface area contributed by atoms with Gasteiger partial charge in [-0.3, -0.25) is 0 Å². The predicted molar refractivity (Wildman–Crippen MR) is 88.0 cm³/mol. The molecular formula is C18H10BrNO3. The summed E-state index contributed by atoms with van der Waals surface area (Å²) in [6.07, 6.45) is 0. The number of carbonyl (C=O) groups excluding carboxylic acids is 1. The highest BCUT2D eigenvalue weighted by atomic mass is 79.9. The maximum absolute atomic E-state index is 11.9. The molecule has 1 aromatic heterocycles. The molecule has 4 nitrogen and oxygen atoms in total. The number of carbonyl (C=O) groups is 1. The van der Waals surface area contributed by atoms with Crippen LogP contribution in [0.5, 0.6) is 5.75 Å². The van der Waals surface area contributed by atoms with E-state index in [0.29, 0.717) is 16.0 Å². The second kappa shape index (κ2) is 6.51. The van der Waals surface area contributed by atoms with E-state index in [1.807, 2.05) is 24.3 Å². The molecule has 0 atom stereocenters. The third kappa shape index (κ3) is 3.50. The van der Waals surface area contributed by atoms with Gasteiger partial charge in [0.25, 0.3) is 0 Å². The first-order valence-electron chi connectivity index (χ1n) is 6.74. The van der Waals surface area contributed by atoms with Crippen molar-refractivity contribution >= 4 is 21.9 Å². The minimum Gasteiger partial charge on any atom is -0.442 e. The average molecular weight is 368 g/mol. The van der Waals surface area contributed by atoms with Gasteiger partial charge in [0, 0.05) is 0 Å². The number of esters is 1. The lowest BCUT2D eigenvalue weighted by atomic mass is 10.0. The number of halogens is 1. The van der Waals surface area contributed by atoms with Crippen LogP contribution >= 0.6 is 15.9 Å². The molecule has 0 aliphatic rings. The van der Waals surface area contributed by atoms with Crippen LogP contribution in [0.15, 0.2) is 69.8 Å². The van der Waals surface area contributed by atoms with E-state index in [2.05, 4.69) is 22.0 Å². The Hall–Kier alpha value is -2.84. The molecule has 2 aromatic carbocycles. The van der Waals surface area contributed by atoms with Crippen LogP contribution in [-0.2, 0) is 0 Å². The molecule has 0 fully saturated rings. The van der Waals surface area contributed by atoms with Gasteiger partial charge in [0.2, 0.25) is 5.76 Å². The molecule has 112 valence electrons. The summed E-state index contributed by atoms with van der Waals surface area (Å²) in [5.74, 6) is 0.00906. The monoisotopic (exact) mass is 367 g/mol.